The normalized spacial score (nSPS) is 15.5. The highest BCUT2D eigenvalue weighted by molar-refractivity contribution is 5.70. The van der Waals surface area contributed by atoms with Crippen molar-refractivity contribution in [3.05, 3.63) is 28.7 Å². The number of amides is 1. The summed E-state index contributed by atoms with van der Waals surface area (Å²) in [4.78, 5) is 25.1. The Hall–Kier alpha value is -1.78. The minimum atomic E-state index is -0.358. The third-order valence-electron chi connectivity index (χ3n) is 3.13. The Morgan fingerprint density at radius 1 is 1.33 bits per heavy atom. The Morgan fingerprint density at radius 2 is 2.06 bits per heavy atom. The fourth-order valence-electron chi connectivity index (χ4n) is 2.06. The molecule has 1 aromatic rings. The highest BCUT2D eigenvalue weighted by atomic mass is 16.6. The van der Waals surface area contributed by atoms with Gasteiger partial charge in [0.25, 0.3) is 5.56 Å². The maximum atomic E-state index is 11.8. The molecule has 1 aliphatic rings. The summed E-state index contributed by atoms with van der Waals surface area (Å²) in [6.07, 6.45) is 4.49. The van der Waals surface area contributed by atoms with Gasteiger partial charge in [-0.05, 0) is 32.3 Å². The first-order chi connectivity index (χ1) is 8.70. The van der Waals surface area contributed by atoms with Gasteiger partial charge in [-0.2, -0.15) is 0 Å². The molecule has 98 valence electrons. The lowest BCUT2D eigenvalue weighted by atomic mass is 10.1. The van der Waals surface area contributed by atoms with Crippen LogP contribution in [0.15, 0.2) is 23.1 Å². The molecule has 5 nitrogen and oxygen atoms in total. The van der Waals surface area contributed by atoms with E-state index in [2.05, 4.69) is 0 Å². The molecule has 1 saturated heterocycles. The van der Waals surface area contributed by atoms with Crippen molar-refractivity contribution in [1.29, 1.82) is 0 Å². The third kappa shape index (κ3) is 2.91. The number of hydrogen-bond donors (Lipinski definition) is 0. The summed E-state index contributed by atoms with van der Waals surface area (Å²) in [6, 6.07) is 3.00. The van der Waals surface area contributed by atoms with E-state index in [1.807, 2.05) is 6.92 Å². The number of ether oxygens (including phenoxy) is 1. The largest absolute Gasteiger partial charge is 0.415 e. The van der Waals surface area contributed by atoms with Crippen LogP contribution in [0.3, 0.4) is 0 Å². The predicted molar refractivity (Wildman–Crippen MR) is 67.8 cm³/mol. The maximum absolute atomic E-state index is 11.8. The van der Waals surface area contributed by atoms with E-state index >= 15 is 0 Å². The molecule has 1 aromatic heterocycles. The number of piperidine rings is 1. The van der Waals surface area contributed by atoms with Gasteiger partial charge in [0, 0.05) is 31.9 Å². The van der Waals surface area contributed by atoms with Gasteiger partial charge < -0.3 is 14.2 Å². The van der Waals surface area contributed by atoms with Crippen LogP contribution in [-0.4, -0.2) is 28.6 Å². The second-order valence-corrected chi connectivity index (χ2v) is 4.40. The molecule has 5 heteroatoms. The first-order valence-corrected chi connectivity index (χ1v) is 6.38. The van der Waals surface area contributed by atoms with E-state index < -0.39 is 0 Å². The molecular formula is C13H18N2O3. The maximum Gasteiger partial charge on any atom is 0.415 e. The zero-order valence-corrected chi connectivity index (χ0v) is 10.6. The molecule has 1 amide bonds. The number of aromatic nitrogens is 1. The van der Waals surface area contributed by atoms with Crippen molar-refractivity contribution in [1.82, 2.24) is 9.47 Å². The zero-order valence-electron chi connectivity index (χ0n) is 10.6. The molecule has 2 rings (SSSR count). The van der Waals surface area contributed by atoms with Crippen molar-refractivity contribution in [2.24, 2.45) is 0 Å². The summed E-state index contributed by atoms with van der Waals surface area (Å²) in [5, 5.41) is 0. The highest BCUT2D eigenvalue weighted by Gasteiger charge is 2.18. The molecule has 0 unspecified atom stereocenters. The summed E-state index contributed by atoms with van der Waals surface area (Å²) < 4.78 is 6.76. The van der Waals surface area contributed by atoms with Crippen LogP contribution in [0.25, 0.3) is 0 Å². The van der Waals surface area contributed by atoms with Gasteiger partial charge in [-0.3, -0.25) is 4.79 Å². The van der Waals surface area contributed by atoms with Crippen molar-refractivity contribution in [3.63, 3.8) is 0 Å². The fraction of sp³-hybridized carbons (Fsp3) is 0.538. The molecule has 2 heterocycles. The van der Waals surface area contributed by atoms with Gasteiger partial charge in [-0.15, -0.1) is 0 Å². The summed E-state index contributed by atoms with van der Waals surface area (Å²) in [5.41, 5.74) is -0.151. The molecule has 0 aliphatic carbocycles. The number of pyridine rings is 1. The predicted octanol–water partition coefficient (Wildman–Crippen LogP) is 1.85. The number of nitrogens with zero attached hydrogens (tertiary/aromatic N) is 2. The third-order valence-corrected chi connectivity index (χ3v) is 3.13. The van der Waals surface area contributed by atoms with Crippen LogP contribution in [-0.2, 0) is 6.54 Å². The minimum absolute atomic E-state index is 0.151. The van der Waals surface area contributed by atoms with Crippen LogP contribution in [0, 0.1) is 0 Å². The van der Waals surface area contributed by atoms with Crippen LogP contribution in [0.4, 0.5) is 4.79 Å². The van der Waals surface area contributed by atoms with Gasteiger partial charge in [0.1, 0.15) is 5.75 Å². The summed E-state index contributed by atoms with van der Waals surface area (Å²) in [6.45, 7) is 3.98. The molecule has 1 fully saturated rings. The van der Waals surface area contributed by atoms with E-state index in [4.69, 9.17) is 4.74 Å². The average Bonchev–Trinajstić information content (AvgIpc) is 2.40. The Labute approximate surface area is 106 Å². The highest BCUT2D eigenvalue weighted by Crippen LogP contribution is 2.12. The lowest BCUT2D eigenvalue weighted by Gasteiger charge is -2.25. The van der Waals surface area contributed by atoms with Crippen LogP contribution in [0.5, 0.6) is 5.75 Å². The molecule has 0 radical (unpaired) electrons. The Bertz CT molecular complexity index is 475. The number of rotatable bonds is 2. The first-order valence-electron chi connectivity index (χ1n) is 6.38. The molecule has 0 atom stereocenters. The van der Waals surface area contributed by atoms with E-state index in [-0.39, 0.29) is 11.7 Å². The van der Waals surface area contributed by atoms with Gasteiger partial charge >= 0.3 is 6.09 Å². The number of likely N-dealkylation sites (tertiary alicyclic amines) is 1. The smallest absolute Gasteiger partial charge is 0.410 e. The van der Waals surface area contributed by atoms with Crippen molar-refractivity contribution in [2.45, 2.75) is 32.7 Å². The van der Waals surface area contributed by atoms with Crippen molar-refractivity contribution in [2.75, 3.05) is 13.1 Å². The lowest BCUT2D eigenvalue weighted by Crippen LogP contribution is -2.37. The van der Waals surface area contributed by atoms with Crippen molar-refractivity contribution in [3.8, 4) is 5.75 Å². The van der Waals surface area contributed by atoms with Gasteiger partial charge in [0.15, 0.2) is 0 Å². The monoisotopic (exact) mass is 250 g/mol. The van der Waals surface area contributed by atoms with Gasteiger partial charge in [-0.25, -0.2) is 4.79 Å². The molecule has 18 heavy (non-hydrogen) atoms. The minimum Gasteiger partial charge on any atom is -0.410 e. The SMILES string of the molecule is CCn1ccc(OC(=O)N2CCCCC2)cc1=O. The number of hydrogen-bond acceptors (Lipinski definition) is 3. The van der Waals surface area contributed by atoms with Gasteiger partial charge in [0.2, 0.25) is 0 Å². The zero-order chi connectivity index (χ0) is 13.0. The van der Waals surface area contributed by atoms with Crippen LogP contribution >= 0.6 is 0 Å². The standard InChI is InChI=1S/C13H18N2O3/c1-2-14-9-6-11(10-12(14)16)18-13(17)15-7-4-3-5-8-15/h6,9-10H,2-5,7-8H2,1H3. The number of aryl methyl sites for hydroxylation is 1. The van der Waals surface area contributed by atoms with Crippen LogP contribution in [0.2, 0.25) is 0 Å². The van der Waals surface area contributed by atoms with Crippen molar-refractivity contribution >= 4 is 6.09 Å². The topological polar surface area (TPSA) is 51.5 Å². The van der Waals surface area contributed by atoms with E-state index in [1.54, 1.807) is 21.7 Å². The quantitative estimate of drug-likeness (QED) is 0.805. The average molecular weight is 250 g/mol. The second kappa shape index (κ2) is 5.71. The summed E-state index contributed by atoms with van der Waals surface area (Å²) in [5.74, 6) is 0.320. The first kappa shape index (κ1) is 12.7. The van der Waals surface area contributed by atoms with E-state index in [0.29, 0.717) is 12.3 Å². The summed E-state index contributed by atoms with van der Waals surface area (Å²) >= 11 is 0. The molecule has 0 saturated carbocycles. The van der Waals surface area contributed by atoms with E-state index in [1.165, 1.54) is 6.07 Å². The van der Waals surface area contributed by atoms with Crippen LogP contribution in [0.1, 0.15) is 26.2 Å². The van der Waals surface area contributed by atoms with E-state index in [9.17, 15) is 9.59 Å². The van der Waals surface area contributed by atoms with Gasteiger partial charge in [-0.1, -0.05) is 0 Å². The number of carbonyl (C=O) groups excluding carboxylic acids is 1. The second-order valence-electron chi connectivity index (χ2n) is 4.40. The summed E-state index contributed by atoms with van der Waals surface area (Å²) in [7, 11) is 0. The Morgan fingerprint density at radius 3 is 2.67 bits per heavy atom. The molecule has 0 N–H and O–H groups in total. The molecule has 0 aromatic carbocycles. The van der Waals surface area contributed by atoms with Gasteiger partial charge in [0.05, 0.1) is 0 Å². The number of carbonyl (C=O) groups is 1. The van der Waals surface area contributed by atoms with Crippen LogP contribution < -0.4 is 10.3 Å². The molecular weight excluding hydrogens is 232 g/mol. The van der Waals surface area contributed by atoms with E-state index in [0.717, 1.165) is 32.4 Å². The molecule has 0 bridgehead atoms. The Balaban J connectivity index is 2.02. The fourth-order valence-corrected chi connectivity index (χ4v) is 2.06. The van der Waals surface area contributed by atoms with Crippen molar-refractivity contribution < 1.29 is 9.53 Å². The molecule has 1 aliphatic heterocycles. The molecule has 0 spiro atoms. The Kier molecular flexibility index (Phi) is 4.02. The lowest BCUT2D eigenvalue weighted by molar-refractivity contribution is 0.142.